The molecule has 1 amide bonds. The fraction of sp³-hybridized carbons (Fsp3) is 0.500. The summed E-state index contributed by atoms with van der Waals surface area (Å²) >= 11 is 0. The summed E-state index contributed by atoms with van der Waals surface area (Å²) in [4.78, 5) is 11.1. The van der Waals surface area contributed by atoms with E-state index in [1.54, 1.807) is 24.3 Å². The van der Waals surface area contributed by atoms with Gasteiger partial charge in [0, 0.05) is 26.6 Å². The van der Waals surface area contributed by atoms with Crippen LogP contribution in [0.4, 0.5) is 0 Å². The number of hydrogen-bond donors (Lipinski definition) is 1. The Balaban J connectivity index is 2.78. The number of benzene rings is 1. The van der Waals surface area contributed by atoms with Crippen molar-refractivity contribution in [2.75, 3.05) is 19.6 Å². The van der Waals surface area contributed by atoms with Crippen LogP contribution in [0, 0.1) is 0 Å². The second kappa shape index (κ2) is 7.40. The first-order chi connectivity index (χ1) is 9.41. The van der Waals surface area contributed by atoms with Crippen molar-refractivity contribution < 1.29 is 13.2 Å². The van der Waals surface area contributed by atoms with E-state index in [1.165, 1.54) is 11.2 Å². The number of nitrogens with one attached hydrogen (secondary N) is 1. The number of amides is 1. The number of nitrogens with zero attached hydrogens (tertiary/aromatic N) is 1. The lowest BCUT2D eigenvalue weighted by Gasteiger charge is -2.18. The molecule has 1 aromatic rings. The molecule has 20 heavy (non-hydrogen) atoms. The summed E-state index contributed by atoms with van der Waals surface area (Å²) in [6.45, 7) is 6.59. The minimum atomic E-state index is -3.39. The van der Waals surface area contributed by atoms with Gasteiger partial charge in [-0.1, -0.05) is 26.0 Å². The molecular weight excluding hydrogens is 276 g/mol. The fourth-order valence-electron chi connectivity index (χ4n) is 1.92. The number of rotatable bonds is 7. The average molecular weight is 298 g/mol. The van der Waals surface area contributed by atoms with Crippen molar-refractivity contribution in [2.24, 2.45) is 0 Å². The van der Waals surface area contributed by atoms with Crippen LogP contribution in [0.15, 0.2) is 29.2 Å². The van der Waals surface area contributed by atoms with Crippen LogP contribution in [-0.2, 0) is 21.2 Å². The van der Waals surface area contributed by atoms with Gasteiger partial charge in [0.15, 0.2) is 0 Å². The third-order valence-electron chi connectivity index (χ3n) is 3.05. The molecule has 0 radical (unpaired) electrons. The van der Waals surface area contributed by atoms with E-state index in [1.807, 2.05) is 13.8 Å². The molecule has 0 heterocycles. The maximum atomic E-state index is 12.3. The van der Waals surface area contributed by atoms with Gasteiger partial charge in [-0.2, -0.15) is 4.31 Å². The Morgan fingerprint density at radius 3 is 2.15 bits per heavy atom. The van der Waals surface area contributed by atoms with Crippen molar-refractivity contribution in [1.82, 2.24) is 9.62 Å². The molecule has 0 bridgehead atoms. The van der Waals surface area contributed by atoms with E-state index in [9.17, 15) is 13.2 Å². The highest BCUT2D eigenvalue weighted by Crippen LogP contribution is 2.16. The zero-order valence-corrected chi connectivity index (χ0v) is 13.0. The van der Waals surface area contributed by atoms with E-state index < -0.39 is 10.0 Å². The summed E-state index contributed by atoms with van der Waals surface area (Å²) in [6.07, 6.45) is 0.686. The van der Waals surface area contributed by atoms with E-state index in [-0.39, 0.29) is 5.91 Å². The predicted octanol–water partition coefficient (Wildman–Crippen LogP) is 1.40. The lowest BCUT2D eigenvalue weighted by Crippen LogP contribution is -2.30. The first-order valence-corrected chi connectivity index (χ1v) is 8.19. The van der Waals surface area contributed by atoms with Gasteiger partial charge >= 0.3 is 0 Å². The number of carbonyl (C=O) groups excluding carboxylic acids is 1. The molecule has 0 atom stereocenters. The Morgan fingerprint density at radius 1 is 1.15 bits per heavy atom. The van der Waals surface area contributed by atoms with E-state index in [2.05, 4.69) is 5.32 Å². The SMILES string of the molecule is CCN(CC)S(=O)(=O)c1ccc(CCNC(C)=O)cc1. The van der Waals surface area contributed by atoms with Crippen LogP contribution in [0.2, 0.25) is 0 Å². The Hall–Kier alpha value is -1.40. The molecule has 5 nitrogen and oxygen atoms in total. The lowest BCUT2D eigenvalue weighted by atomic mass is 10.1. The topological polar surface area (TPSA) is 66.5 Å². The molecule has 0 aliphatic heterocycles. The van der Waals surface area contributed by atoms with Gasteiger partial charge in [-0.25, -0.2) is 8.42 Å². The van der Waals surface area contributed by atoms with Crippen molar-refractivity contribution in [1.29, 1.82) is 0 Å². The molecule has 1 aromatic carbocycles. The molecule has 1 N–H and O–H groups in total. The summed E-state index contributed by atoms with van der Waals surface area (Å²) in [6, 6.07) is 6.82. The normalized spacial score (nSPS) is 11.6. The van der Waals surface area contributed by atoms with E-state index in [0.717, 1.165) is 5.56 Å². The molecule has 1 rings (SSSR count). The molecule has 0 spiro atoms. The molecule has 0 aliphatic carbocycles. The fourth-order valence-corrected chi connectivity index (χ4v) is 3.38. The highest BCUT2D eigenvalue weighted by Gasteiger charge is 2.20. The number of carbonyl (C=O) groups is 1. The van der Waals surface area contributed by atoms with Crippen LogP contribution >= 0.6 is 0 Å². The number of hydrogen-bond acceptors (Lipinski definition) is 3. The summed E-state index contributed by atoms with van der Waals surface area (Å²) in [5.74, 6) is -0.0641. The first-order valence-electron chi connectivity index (χ1n) is 6.75. The van der Waals surface area contributed by atoms with E-state index in [0.29, 0.717) is 31.0 Å². The molecule has 0 fully saturated rings. The van der Waals surface area contributed by atoms with Gasteiger partial charge < -0.3 is 5.32 Å². The van der Waals surface area contributed by atoms with Gasteiger partial charge in [0.2, 0.25) is 15.9 Å². The Kier molecular flexibility index (Phi) is 6.16. The Labute approximate surface area is 121 Å². The van der Waals surface area contributed by atoms with Crippen molar-refractivity contribution >= 4 is 15.9 Å². The summed E-state index contributed by atoms with van der Waals surface area (Å²) < 4.78 is 26.0. The standard InChI is InChI=1S/C14H22N2O3S/c1-4-16(5-2)20(18,19)14-8-6-13(7-9-14)10-11-15-12(3)17/h6-9H,4-5,10-11H2,1-3H3,(H,15,17). The second-order valence-electron chi connectivity index (χ2n) is 4.47. The average Bonchev–Trinajstić information content (AvgIpc) is 2.40. The summed E-state index contributed by atoms with van der Waals surface area (Å²) in [5.41, 5.74) is 0.997. The van der Waals surface area contributed by atoms with Crippen molar-refractivity contribution in [2.45, 2.75) is 32.1 Å². The van der Waals surface area contributed by atoms with Gasteiger partial charge in [-0.15, -0.1) is 0 Å². The van der Waals surface area contributed by atoms with Crippen LogP contribution in [-0.4, -0.2) is 38.3 Å². The monoisotopic (exact) mass is 298 g/mol. The van der Waals surface area contributed by atoms with Crippen molar-refractivity contribution in [3.05, 3.63) is 29.8 Å². The molecular formula is C14H22N2O3S. The predicted molar refractivity (Wildman–Crippen MR) is 78.9 cm³/mol. The smallest absolute Gasteiger partial charge is 0.243 e. The first kappa shape index (κ1) is 16.7. The molecule has 0 unspecified atom stereocenters. The van der Waals surface area contributed by atoms with Crippen LogP contribution in [0.5, 0.6) is 0 Å². The van der Waals surface area contributed by atoms with Crippen LogP contribution < -0.4 is 5.32 Å². The van der Waals surface area contributed by atoms with E-state index >= 15 is 0 Å². The van der Waals surface area contributed by atoms with Gasteiger partial charge in [0.1, 0.15) is 0 Å². The molecule has 112 valence electrons. The Bertz CT molecular complexity index is 534. The summed E-state index contributed by atoms with van der Waals surface area (Å²) in [7, 11) is -3.39. The molecule has 0 saturated carbocycles. The second-order valence-corrected chi connectivity index (χ2v) is 6.40. The van der Waals surface area contributed by atoms with E-state index in [4.69, 9.17) is 0 Å². The van der Waals surface area contributed by atoms with Gasteiger partial charge in [0.05, 0.1) is 4.90 Å². The minimum Gasteiger partial charge on any atom is -0.356 e. The number of sulfonamides is 1. The highest BCUT2D eigenvalue weighted by atomic mass is 32.2. The zero-order valence-electron chi connectivity index (χ0n) is 12.2. The van der Waals surface area contributed by atoms with Gasteiger partial charge in [-0.3, -0.25) is 4.79 Å². The molecule has 0 aromatic heterocycles. The third kappa shape index (κ3) is 4.31. The van der Waals surface area contributed by atoms with Gasteiger partial charge in [-0.05, 0) is 24.1 Å². The van der Waals surface area contributed by atoms with Crippen molar-refractivity contribution in [3.63, 3.8) is 0 Å². The quantitative estimate of drug-likeness (QED) is 0.827. The van der Waals surface area contributed by atoms with Crippen LogP contribution in [0.1, 0.15) is 26.3 Å². The maximum absolute atomic E-state index is 12.3. The van der Waals surface area contributed by atoms with Gasteiger partial charge in [0.25, 0.3) is 0 Å². The molecule has 6 heteroatoms. The molecule has 0 aliphatic rings. The minimum absolute atomic E-state index is 0.0641. The third-order valence-corrected chi connectivity index (χ3v) is 5.12. The largest absolute Gasteiger partial charge is 0.356 e. The maximum Gasteiger partial charge on any atom is 0.243 e. The summed E-state index contributed by atoms with van der Waals surface area (Å²) in [5, 5.41) is 2.71. The Morgan fingerprint density at radius 2 is 1.70 bits per heavy atom. The molecule has 0 saturated heterocycles. The highest BCUT2D eigenvalue weighted by molar-refractivity contribution is 7.89. The van der Waals surface area contributed by atoms with Crippen LogP contribution in [0.3, 0.4) is 0 Å². The van der Waals surface area contributed by atoms with Crippen LogP contribution in [0.25, 0.3) is 0 Å². The zero-order chi connectivity index (χ0) is 15.2. The lowest BCUT2D eigenvalue weighted by molar-refractivity contribution is -0.118. The van der Waals surface area contributed by atoms with Crippen molar-refractivity contribution in [3.8, 4) is 0 Å².